The molecule has 0 N–H and O–H groups in total. The van der Waals surface area contributed by atoms with Gasteiger partial charge in [0.25, 0.3) is 0 Å². The van der Waals surface area contributed by atoms with E-state index in [1.165, 1.54) is 11.3 Å². The van der Waals surface area contributed by atoms with E-state index in [4.69, 9.17) is 0 Å². The lowest BCUT2D eigenvalue weighted by Gasteiger charge is -2.36. The molecule has 0 aromatic heterocycles. The molecule has 1 saturated heterocycles. The molecule has 0 aliphatic carbocycles. The molecule has 3 aromatic carbocycles. The van der Waals surface area contributed by atoms with Gasteiger partial charge in [0, 0.05) is 31.9 Å². The van der Waals surface area contributed by atoms with Gasteiger partial charge in [-0.15, -0.1) is 0 Å². The van der Waals surface area contributed by atoms with E-state index in [1.807, 2.05) is 36.4 Å². The van der Waals surface area contributed by atoms with Crippen molar-refractivity contribution in [3.8, 4) is 0 Å². The van der Waals surface area contributed by atoms with Crippen molar-refractivity contribution in [2.75, 3.05) is 37.6 Å². The summed E-state index contributed by atoms with van der Waals surface area (Å²) in [5, 5.41) is -0.514. The summed E-state index contributed by atoms with van der Waals surface area (Å²) < 4.78 is 26.8. The van der Waals surface area contributed by atoms with Crippen LogP contribution < -0.4 is 4.90 Å². The number of rotatable bonds is 8. The van der Waals surface area contributed by atoms with Crippen LogP contribution in [0.4, 0.5) is 5.69 Å². The molecule has 1 aliphatic rings. The maximum Gasteiger partial charge on any atom is 0.185 e. The van der Waals surface area contributed by atoms with E-state index < -0.39 is 15.1 Å². The van der Waals surface area contributed by atoms with Crippen LogP contribution in [0, 0.1) is 6.92 Å². The summed E-state index contributed by atoms with van der Waals surface area (Å²) in [6, 6.07) is 27.2. The number of nitrogens with zero attached hydrogens (tertiary/aromatic N) is 2. The number of hydrogen-bond donors (Lipinski definition) is 0. The maximum absolute atomic E-state index is 13.4. The minimum absolute atomic E-state index is 0.403. The van der Waals surface area contributed by atoms with Crippen LogP contribution >= 0.6 is 0 Å². The van der Waals surface area contributed by atoms with E-state index in [1.54, 1.807) is 24.3 Å². The molecule has 168 valence electrons. The van der Waals surface area contributed by atoms with Crippen LogP contribution in [0.3, 0.4) is 0 Å². The third kappa shape index (κ3) is 5.40. The van der Waals surface area contributed by atoms with E-state index in [0.29, 0.717) is 11.3 Å². The summed E-state index contributed by atoms with van der Waals surface area (Å²) in [4.78, 5) is 5.30. The van der Waals surface area contributed by atoms with Gasteiger partial charge in [-0.25, -0.2) is 8.42 Å². The number of piperazine rings is 1. The predicted octanol–water partition coefficient (Wildman–Crippen LogP) is 5.11. The molecule has 1 atom stereocenters. The number of benzene rings is 3. The fourth-order valence-corrected chi connectivity index (χ4v) is 6.29. The number of aryl methyl sites for hydroxylation is 1. The van der Waals surface area contributed by atoms with Gasteiger partial charge in [0.15, 0.2) is 9.84 Å². The SMILES string of the molecule is Cc1ccc(N2CCN(CCCC(c3ccccc3)S(=O)(=O)c3ccccc3)CC2)cc1. The average molecular weight is 449 g/mol. The first-order valence-electron chi connectivity index (χ1n) is 11.4. The predicted molar refractivity (Wildman–Crippen MR) is 132 cm³/mol. The van der Waals surface area contributed by atoms with E-state index in [2.05, 4.69) is 41.0 Å². The minimum Gasteiger partial charge on any atom is -0.369 e. The molecular formula is C27H32N2O2S. The van der Waals surface area contributed by atoms with Gasteiger partial charge in [-0.1, -0.05) is 66.2 Å². The Morgan fingerprint density at radius 1 is 0.781 bits per heavy atom. The molecule has 1 aliphatic heterocycles. The van der Waals surface area contributed by atoms with Gasteiger partial charge in [0.05, 0.1) is 10.1 Å². The molecule has 0 radical (unpaired) electrons. The zero-order valence-corrected chi connectivity index (χ0v) is 19.5. The Labute approximate surface area is 192 Å². The number of hydrogen-bond acceptors (Lipinski definition) is 4. The van der Waals surface area contributed by atoms with E-state index >= 15 is 0 Å². The molecule has 1 unspecified atom stereocenters. The summed E-state index contributed by atoms with van der Waals surface area (Å²) in [5.74, 6) is 0. The molecule has 0 spiro atoms. The smallest absolute Gasteiger partial charge is 0.185 e. The molecule has 0 bridgehead atoms. The summed E-state index contributed by atoms with van der Waals surface area (Å²) in [7, 11) is -3.43. The van der Waals surface area contributed by atoms with Crippen molar-refractivity contribution in [3.05, 3.63) is 96.1 Å². The highest BCUT2D eigenvalue weighted by molar-refractivity contribution is 7.91. The van der Waals surface area contributed by atoms with Crippen LogP contribution in [0.15, 0.2) is 89.8 Å². The Balaban J connectivity index is 1.37. The minimum atomic E-state index is -3.43. The van der Waals surface area contributed by atoms with Gasteiger partial charge in [-0.3, -0.25) is 4.90 Å². The van der Waals surface area contributed by atoms with Crippen LogP contribution in [0.25, 0.3) is 0 Å². The van der Waals surface area contributed by atoms with E-state index in [9.17, 15) is 8.42 Å². The van der Waals surface area contributed by atoms with E-state index in [0.717, 1.165) is 44.7 Å². The maximum atomic E-state index is 13.4. The Morgan fingerprint density at radius 3 is 2.00 bits per heavy atom. The molecule has 3 aromatic rings. The fraction of sp³-hybridized carbons (Fsp3) is 0.333. The standard InChI is InChI=1S/C27H32N2O2S/c1-23-14-16-25(17-15-23)29-21-19-28(20-22-29)18-8-13-27(24-9-4-2-5-10-24)32(30,31)26-11-6-3-7-12-26/h2-7,9-12,14-17,27H,8,13,18-22H2,1H3. The Kier molecular flexibility index (Phi) is 7.28. The topological polar surface area (TPSA) is 40.6 Å². The van der Waals surface area contributed by atoms with Crippen LogP contribution in [0.2, 0.25) is 0 Å². The quantitative estimate of drug-likeness (QED) is 0.480. The highest BCUT2D eigenvalue weighted by atomic mass is 32.2. The lowest BCUT2D eigenvalue weighted by Crippen LogP contribution is -2.46. The molecule has 0 saturated carbocycles. The highest BCUT2D eigenvalue weighted by Gasteiger charge is 2.29. The molecule has 5 heteroatoms. The molecule has 0 amide bonds. The molecule has 4 nitrogen and oxygen atoms in total. The van der Waals surface area contributed by atoms with Crippen molar-refractivity contribution in [1.29, 1.82) is 0 Å². The first kappa shape index (κ1) is 22.6. The van der Waals surface area contributed by atoms with Crippen molar-refractivity contribution in [2.24, 2.45) is 0 Å². The summed E-state index contributed by atoms with van der Waals surface area (Å²) in [5.41, 5.74) is 3.44. The molecule has 1 heterocycles. The van der Waals surface area contributed by atoms with Crippen molar-refractivity contribution >= 4 is 15.5 Å². The van der Waals surface area contributed by atoms with Gasteiger partial charge in [-0.05, 0) is 56.1 Å². The van der Waals surface area contributed by atoms with Gasteiger partial charge in [-0.2, -0.15) is 0 Å². The van der Waals surface area contributed by atoms with Gasteiger partial charge >= 0.3 is 0 Å². The van der Waals surface area contributed by atoms with Gasteiger partial charge in [0.2, 0.25) is 0 Å². The monoisotopic (exact) mass is 448 g/mol. The van der Waals surface area contributed by atoms with Crippen molar-refractivity contribution in [1.82, 2.24) is 4.90 Å². The summed E-state index contributed by atoms with van der Waals surface area (Å²) >= 11 is 0. The Hall–Kier alpha value is -2.63. The second-order valence-electron chi connectivity index (χ2n) is 8.56. The third-order valence-electron chi connectivity index (χ3n) is 6.33. The van der Waals surface area contributed by atoms with Gasteiger partial charge < -0.3 is 4.90 Å². The van der Waals surface area contributed by atoms with Gasteiger partial charge in [0.1, 0.15) is 0 Å². The largest absolute Gasteiger partial charge is 0.369 e. The number of anilines is 1. The first-order valence-corrected chi connectivity index (χ1v) is 13.0. The molecule has 4 rings (SSSR count). The Morgan fingerprint density at radius 2 is 1.38 bits per heavy atom. The van der Waals surface area contributed by atoms with Crippen molar-refractivity contribution in [3.63, 3.8) is 0 Å². The second-order valence-corrected chi connectivity index (χ2v) is 10.7. The van der Waals surface area contributed by atoms with Crippen LogP contribution in [0.5, 0.6) is 0 Å². The Bertz CT molecular complexity index is 1080. The van der Waals surface area contributed by atoms with E-state index in [-0.39, 0.29) is 0 Å². The second kappa shape index (κ2) is 10.3. The van der Waals surface area contributed by atoms with Crippen LogP contribution in [-0.4, -0.2) is 46.0 Å². The lowest BCUT2D eigenvalue weighted by molar-refractivity contribution is 0.252. The molecule has 1 fully saturated rings. The van der Waals surface area contributed by atoms with Crippen molar-refractivity contribution in [2.45, 2.75) is 29.9 Å². The summed E-state index contributed by atoms with van der Waals surface area (Å²) in [6.07, 6.45) is 1.48. The summed E-state index contributed by atoms with van der Waals surface area (Å²) in [6.45, 7) is 7.07. The average Bonchev–Trinajstić information content (AvgIpc) is 2.84. The van der Waals surface area contributed by atoms with Crippen LogP contribution in [0.1, 0.15) is 29.2 Å². The number of sulfone groups is 1. The zero-order valence-electron chi connectivity index (χ0n) is 18.7. The molecular weight excluding hydrogens is 416 g/mol. The normalized spacial score (nSPS) is 16.1. The highest BCUT2D eigenvalue weighted by Crippen LogP contribution is 2.33. The zero-order chi connectivity index (χ0) is 22.4. The van der Waals surface area contributed by atoms with Crippen LogP contribution in [-0.2, 0) is 9.84 Å². The fourth-order valence-electron chi connectivity index (χ4n) is 4.43. The molecule has 32 heavy (non-hydrogen) atoms. The first-order chi connectivity index (χ1) is 15.5. The lowest BCUT2D eigenvalue weighted by atomic mass is 10.1. The third-order valence-corrected chi connectivity index (χ3v) is 8.52. The van der Waals surface area contributed by atoms with Crippen molar-refractivity contribution < 1.29 is 8.42 Å².